The Bertz CT molecular complexity index is 4340. The maximum atomic E-state index is 7.10. The molecule has 0 aliphatic carbocycles. The van der Waals surface area contributed by atoms with Crippen LogP contribution in [0, 0.1) is 0 Å². The molecule has 0 saturated carbocycles. The van der Waals surface area contributed by atoms with Crippen LogP contribution in [0.25, 0.3) is 88.3 Å². The van der Waals surface area contributed by atoms with Gasteiger partial charge in [-0.25, -0.2) is 0 Å². The number of benzene rings is 13. The Morgan fingerprint density at radius 3 is 1.16 bits per heavy atom. The van der Waals surface area contributed by atoms with Crippen molar-refractivity contribution < 1.29 is 4.42 Å². The quantitative estimate of drug-likeness (QED) is 0.0896. The second-order valence-electron chi connectivity index (χ2n) is 20.3. The normalized spacial score (nSPS) is 11.5. The van der Waals surface area contributed by atoms with Crippen LogP contribution >= 0.6 is 0 Å². The summed E-state index contributed by atoms with van der Waals surface area (Å²) in [6.07, 6.45) is 0. The molecule has 1 heterocycles. The first kappa shape index (κ1) is 47.4. The highest BCUT2D eigenvalue weighted by Gasteiger charge is 2.41. The van der Waals surface area contributed by atoms with Gasteiger partial charge in [0.25, 0.3) is 0 Å². The van der Waals surface area contributed by atoms with Crippen LogP contribution in [0.1, 0.15) is 0 Å². The van der Waals surface area contributed by atoms with E-state index in [1.807, 2.05) is 0 Å². The standard InChI is InChI=1S/C76H53NOSi/c1-9-27-54(28-10-1)72-69-46-26-45-66(76(69)75(57-33-15-4-16-34-57)74(56-31-13-3-14-32-56)73(72)55-29-11-2-12-30-55)58-47-49-67-68-50-48-61(53-71(68)78-70(67)51-58)77(59-35-17-5-18-36-59)60-37-25-44-65(52-60)79(62-38-19-6-20-39-62,63-40-21-7-22-41-63)64-42-23-8-24-43-64/h1-53H. The fraction of sp³-hybridized carbons (Fsp3) is 0. The van der Waals surface area contributed by atoms with Gasteiger partial charge in [0.1, 0.15) is 11.2 Å². The molecule has 0 fully saturated rings. The van der Waals surface area contributed by atoms with Crippen LogP contribution in [-0.4, -0.2) is 8.07 Å². The van der Waals surface area contributed by atoms with Gasteiger partial charge in [-0.3, -0.25) is 0 Å². The Kier molecular flexibility index (Phi) is 12.3. The van der Waals surface area contributed by atoms with Gasteiger partial charge in [0, 0.05) is 33.9 Å². The van der Waals surface area contributed by atoms with Crippen LogP contribution in [0.15, 0.2) is 326 Å². The number of nitrogens with zero attached hydrogens (tertiary/aromatic N) is 1. The van der Waals surface area contributed by atoms with Gasteiger partial charge in [-0.2, -0.15) is 0 Å². The Balaban J connectivity index is 0.962. The van der Waals surface area contributed by atoms with Gasteiger partial charge in [0.2, 0.25) is 0 Å². The fourth-order valence-electron chi connectivity index (χ4n) is 12.4. The number of rotatable bonds is 12. The van der Waals surface area contributed by atoms with Crippen molar-refractivity contribution in [1.82, 2.24) is 0 Å². The topological polar surface area (TPSA) is 16.4 Å². The van der Waals surface area contributed by atoms with Gasteiger partial charge in [-0.1, -0.05) is 267 Å². The molecule has 13 aromatic carbocycles. The number of hydrogen-bond acceptors (Lipinski definition) is 2. The van der Waals surface area contributed by atoms with Crippen molar-refractivity contribution in [2.45, 2.75) is 0 Å². The number of anilines is 3. The van der Waals surface area contributed by atoms with Gasteiger partial charge in [-0.15, -0.1) is 0 Å². The zero-order chi connectivity index (χ0) is 52.5. The third kappa shape index (κ3) is 8.36. The van der Waals surface area contributed by atoms with E-state index in [1.165, 1.54) is 70.5 Å². The minimum Gasteiger partial charge on any atom is -0.456 e. The van der Waals surface area contributed by atoms with Crippen molar-refractivity contribution in [2.24, 2.45) is 0 Å². The maximum absolute atomic E-state index is 7.10. The first-order valence-corrected chi connectivity index (χ1v) is 29.2. The van der Waals surface area contributed by atoms with Gasteiger partial charge >= 0.3 is 0 Å². The van der Waals surface area contributed by atoms with Gasteiger partial charge in [0.15, 0.2) is 8.07 Å². The first-order chi connectivity index (χ1) is 39.2. The maximum Gasteiger partial charge on any atom is 0.179 e. The third-order valence-corrected chi connectivity index (χ3v) is 20.6. The summed E-state index contributed by atoms with van der Waals surface area (Å²) in [4.78, 5) is 2.38. The van der Waals surface area contributed by atoms with Crippen LogP contribution in [0.3, 0.4) is 0 Å². The summed E-state index contributed by atoms with van der Waals surface area (Å²) in [6, 6.07) is 117. The van der Waals surface area contributed by atoms with E-state index in [2.05, 4.69) is 326 Å². The second kappa shape index (κ2) is 20.5. The van der Waals surface area contributed by atoms with Crippen LogP contribution < -0.4 is 25.6 Å². The Hall–Kier alpha value is -10.1. The lowest BCUT2D eigenvalue weighted by molar-refractivity contribution is 0.669. The van der Waals surface area contributed by atoms with E-state index in [0.29, 0.717) is 0 Å². The van der Waals surface area contributed by atoms with E-state index in [9.17, 15) is 0 Å². The summed E-state index contributed by atoms with van der Waals surface area (Å²) in [5.41, 5.74) is 16.6. The third-order valence-electron chi connectivity index (χ3n) is 15.8. The van der Waals surface area contributed by atoms with E-state index in [0.717, 1.165) is 55.7 Å². The molecule has 1 aromatic heterocycles. The summed E-state index contributed by atoms with van der Waals surface area (Å²) in [6.45, 7) is 0. The highest BCUT2D eigenvalue weighted by molar-refractivity contribution is 7.20. The van der Waals surface area contributed by atoms with E-state index >= 15 is 0 Å². The van der Waals surface area contributed by atoms with Gasteiger partial charge in [-0.05, 0) is 136 Å². The number of hydrogen-bond donors (Lipinski definition) is 0. The van der Waals surface area contributed by atoms with Crippen molar-refractivity contribution in [2.75, 3.05) is 4.90 Å². The van der Waals surface area contributed by atoms with Crippen molar-refractivity contribution in [3.05, 3.63) is 322 Å². The highest BCUT2D eigenvalue weighted by atomic mass is 28.3. The molecule has 0 unspecified atom stereocenters. The lowest BCUT2D eigenvalue weighted by Gasteiger charge is -2.35. The molecule has 0 saturated heterocycles. The molecule has 14 aromatic rings. The monoisotopic (exact) mass is 1020 g/mol. The predicted molar refractivity (Wildman–Crippen MR) is 337 cm³/mol. The van der Waals surface area contributed by atoms with E-state index in [1.54, 1.807) is 0 Å². The van der Waals surface area contributed by atoms with Crippen molar-refractivity contribution in [3.63, 3.8) is 0 Å². The summed E-state index contributed by atoms with van der Waals surface area (Å²) in [5.74, 6) is 0. The molecule has 372 valence electrons. The zero-order valence-electron chi connectivity index (χ0n) is 43.5. The second-order valence-corrected chi connectivity index (χ2v) is 24.1. The molecular formula is C76H53NOSi. The summed E-state index contributed by atoms with van der Waals surface area (Å²) in [7, 11) is -2.82. The molecule has 0 amide bonds. The van der Waals surface area contributed by atoms with Crippen LogP contribution in [0.2, 0.25) is 0 Å². The Labute approximate surface area is 462 Å². The molecule has 0 radical (unpaired) electrons. The average molecular weight is 1020 g/mol. The fourth-order valence-corrected chi connectivity index (χ4v) is 17.2. The smallest absolute Gasteiger partial charge is 0.179 e. The van der Waals surface area contributed by atoms with Crippen molar-refractivity contribution in [1.29, 1.82) is 0 Å². The molecule has 0 bridgehead atoms. The summed E-state index contributed by atoms with van der Waals surface area (Å²) in [5, 5.41) is 9.85. The molecule has 14 rings (SSSR count). The van der Waals surface area contributed by atoms with Crippen LogP contribution in [0.5, 0.6) is 0 Å². The molecule has 3 heteroatoms. The molecule has 0 N–H and O–H groups in total. The van der Waals surface area contributed by atoms with E-state index < -0.39 is 8.07 Å². The first-order valence-electron chi connectivity index (χ1n) is 27.2. The summed E-state index contributed by atoms with van der Waals surface area (Å²) >= 11 is 0. The van der Waals surface area contributed by atoms with Crippen LogP contribution in [0.4, 0.5) is 17.1 Å². The lowest BCUT2D eigenvalue weighted by atomic mass is 9.77. The molecule has 0 aliphatic heterocycles. The van der Waals surface area contributed by atoms with Crippen molar-refractivity contribution >= 4 is 78.6 Å². The minimum absolute atomic E-state index is 0.830. The van der Waals surface area contributed by atoms with Crippen molar-refractivity contribution in [3.8, 4) is 55.6 Å². The van der Waals surface area contributed by atoms with Gasteiger partial charge in [0.05, 0.1) is 0 Å². The molecule has 0 atom stereocenters. The SMILES string of the molecule is c1ccc(-c2c(-c3ccccc3)c(-c3ccccc3)c3c(-c4ccc5c(c4)oc4cc(N(c6ccccc6)c6cccc([Si](c7ccccc7)(c7ccccc7)c7ccccc7)c6)ccc45)cccc3c2-c2ccccc2)cc1. The highest BCUT2D eigenvalue weighted by Crippen LogP contribution is 2.53. The molecule has 0 spiro atoms. The lowest BCUT2D eigenvalue weighted by Crippen LogP contribution is -2.74. The zero-order valence-corrected chi connectivity index (χ0v) is 44.5. The van der Waals surface area contributed by atoms with E-state index in [4.69, 9.17) is 4.42 Å². The number of fused-ring (bicyclic) bond motifs is 4. The average Bonchev–Trinajstić information content (AvgIpc) is 3.89. The van der Waals surface area contributed by atoms with Crippen LogP contribution in [-0.2, 0) is 0 Å². The molecular weight excluding hydrogens is 971 g/mol. The largest absolute Gasteiger partial charge is 0.456 e. The summed E-state index contributed by atoms with van der Waals surface area (Å²) < 4.78 is 7.10. The Morgan fingerprint density at radius 2 is 0.633 bits per heavy atom. The molecule has 2 nitrogen and oxygen atoms in total. The number of furan rings is 1. The Morgan fingerprint density at radius 1 is 0.241 bits per heavy atom. The number of para-hydroxylation sites is 1. The van der Waals surface area contributed by atoms with E-state index in [-0.39, 0.29) is 0 Å². The molecule has 79 heavy (non-hydrogen) atoms. The predicted octanol–water partition coefficient (Wildman–Crippen LogP) is 17.9. The van der Waals surface area contributed by atoms with Gasteiger partial charge < -0.3 is 9.32 Å². The molecule has 0 aliphatic rings. The minimum atomic E-state index is -2.82.